The predicted octanol–water partition coefficient (Wildman–Crippen LogP) is 3.87. The maximum atomic E-state index is 14.2. The average Bonchev–Trinajstić information content (AvgIpc) is 2.33. The largest absolute Gasteiger partial charge is 0.206 e. The SMILES string of the molecule is Cc1ccccc1-c1cccc(CC#N)c1F. The summed E-state index contributed by atoms with van der Waals surface area (Å²) >= 11 is 0. The molecule has 0 bridgehead atoms. The van der Waals surface area contributed by atoms with Gasteiger partial charge in [0.1, 0.15) is 5.82 Å². The molecule has 0 aromatic heterocycles. The first-order chi connectivity index (χ1) is 8.24. The van der Waals surface area contributed by atoms with Gasteiger partial charge in [-0.2, -0.15) is 5.26 Å². The van der Waals surface area contributed by atoms with Crippen molar-refractivity contribution in [2.75, 3.05) is 0 Å². The van der Waals surface area contributed by atoms with Crippen molar-refractivity contribution in [2.24, 2.45) is 0 Å². The van der Waals surface area contributed by atoms with Gasteiger partial charge in [0, 0.05) is 11.1 Å². The summed E-state index contributed by atoms with van der Waals surface area (Å²) in [5, 5.41) is 8.64. The molecule has 0 amide bonds. The molecule has 0 saturated carbocycles. The zero-order valence-electron chi connectivity index (χ0n) is 9.57. The van der Waals surface area contributed by atoms with Crippen LogP contribution in [-0.2, 0) is 6.42 Å². The molecule has 2 aromatic carbocycles. The third kappa shape index (κ3) is 2.19. The summed E-state index contributed by atoms with van der Waals surface area (Å²) in [5.41, 5.74) is 2.93. The molecule has 0 aliphatic carbocycles. The number of hydrogen-bond acceptors (Lipinski definition) is 1. The standard InChI is InChI=1S/C15H12FN/c1-11-5-2-3-7-13(11)14-8-4-6-12(9-10-17)15(14)16/h2-8H,9H2,1H3. The Hall–Kier alpha value is -2.14. The van der Waals surface area contributed by atoms with Gasteiger partial charge < -0.3 is 0 Å². The fourth-order valence-electron chi connectivity index (χ4n) is 1.88. The van der Waals surface area contributed by atoms with Crippen LogP contribution in [-0.4, -0.2) is 0 Å². The maximum Gasteiger partial charge on any atom is 0.135 e. The number of benzene rings is 2. The summed E-state index contributed by atoms with van der Waals surface area (Å²) in [6, 6.07) is 14.8. The van der Waals surface area contributed by atoms with Gasteiger partial charge in [-0.25, -0.2) is 4.39 Å². The lowest BCUT2D eigenvalue weighted by molar-refractivity contribution is 0.618. The van der Waals surface area contributed by atoms with Crippen LogP contribution in [0.1, 0.15) is 11.1 Å². The van der Waals surface area contributed by atoms with E-state index in [2.05, 4.69) is 0 Å². The quantitative estimate of drug-likeness (QED) is 0.761. The Bertz CT molecular complexity index is 582. The molecule has 0 aliphatic heterocycles. The molecule has 2 heteroatoms. The minimum Gasteiger partial charge on any atom is -0.206 e. The maximum absolute atomic E-state index is 14.2. The molecule has 0 atom stereocenters. The van der Waals surface area contributed by atoms with Crippen molar-refractivity contribution in [3.8, 4) is 17.2 Å². The highest BCUT2D eigenvalue weighted by Crippen LogP contribution is 2.27. The summed E-state index contributed by atoms with van der Waals surface area (Å²) in [4.78, 5) is 0. The molecular weight excluding hydrogens is 213 g/mol. The minimum absolute atomic E-state index is 0.103. The molecule has 0 fully saturated rings. The van der Waals surface area contributed by atoms with Gasteiger partial charge in [0.05, 0.1) is 12.5 Å². The Labute approximate surface area is 100 Å². The molecule has 0 heterocycles. The third-order valence-electron chi connectivity index (χ3n) is 2.78. The summed E-state index contributed by atoms with van der Waals surface area (Å²) in [5.74, 6) is -0.289. The van der Waals surface area contributed by atoms with Crippen LogP contribution in [0.15, 0.2) is 42.5 Å². The van der Waals surface area contributed by atoms with E-state index in [1.54, 1.807) is 18.2 Å². The fourth-order valence-corrected chi connectivity index (χ4v) is 1.88. The van der Waals surface area contributed by atoms with E-state index in [4.69, 9.17) is 5.26 Å². The van der Waals surface area contributed by atoms with Crippen LogP contribution in [0, 0.1) is 24.1 Å². The highest BCUT2D eigenvalue weighted by atomic mass is 19.1. The van der Waals surface area contributed by atoms with E-state index in [1.807, 2.05) is 37.3 Å². The molecule has 0 saturated heterocycles. The Morgan fingerprint density at radius 3 is 2.47 bits per heavy atom. The highest BCUT2D eigenvalue weighted by molar-refractivity contribution is 5.68. The fraction of sp³-hybridized carbons (Fsp3) is 0.133. The van der Waals surface area contributed by atoms with Crippen molar-refractivity contribution in [2.45, 2.75) is 13.3 Å². The number of halogens is 1. The van der Waals surface area contributed by atoms with E-state index < -0.39 is 0 Å². The molecule has 0 N–H and O–H groups in total. The van der Waals surface area contributed by atoms with Crippen LogP contribution < -0.4 is 0 Å². The molecule has 0 aliphatic rings. The summed E-state index contributed by atoms with van der Waals surface area (Å²) in [6.45, 7) is 1.95. The summed E-state index contributed by atoms with van der Waals surface area (Å²) in [7, 11) is 0. The van der Waals surface area contributed by atoms with Crippen LogP contribution >= 0.6 is 0 Å². The second-order valence-corrected chi connectivity index (χ2v) is 3.93. The predicted molar refractivity (Wildman–Crippen MR) is 65.9 cm³/mol. The average molecular weight is 225 g/mol. The van der Waals surface area contributed by atoms with E-state index in [0.29, 0.717) is 11.1 Å². The van der Waals surface area contributed by atoms with Crippen LogP contribution in [0.3, 0.4) is 0 Å². The van der Waals surface area contributed by atoms with Gasteiger partial charge in [-0.3, -0.25) is 0 Å². The van der Waals surface area contributed by atoms with Gasteiger partial charge in [-0.1, -0.05) is 42.5 Å². The molecule has 17 heavy (non-hydrogen) atoms. The smallest absolute Gasteiger partial charge is 0.135 e. The van der Waals surface area contributed by atoms with Crippen molar-refractivity contribution in [1.29, 1.82) is 5.26 Å². The van der Waals surface area contributed by atoms with Gasteiger partial charge in [-0.15, -0.1) is 0 Å². The molecule has 0 unspecified atom stereocenters. The van der Waals surface area contributed by atoms with Gasteiger partial charge >= 0.3 is 0 Å². The van der Waals surface area contributed by atoms with E-state index >= 15 is 0 Å². The van der Waals surface area contributed by atoms with Crippen molar-refractivity contribution in [3.63, 3.8) is 0 Å². The van der Waals surface area contributed by atoms with Gasteiger partial charge in [-0.05, 0) is 18.1 Å². The second kappa shape index (κ2) is 4.80. The molecule has 2 rings (SSSR count). The lowest BCUT2D eigenvalue weighted by Gasteiger charge is -2.09. The molecule has 0 radical (unpaired) electrons. The topological polar surface area (TPSA) is 23.8 Å². The summed E-state index contributed by atoms with van der Waals surface area (Å²) < 4.78 is 14.2. The van der Waals surface area contributed by atoms with Gasteiger partial charge in [0.25, 0.3) is 0 Å². The minimum atomic E-state index is -0.289. The number of nitriles is 1. The van der Waals surface area contributed by atoms with E-state index in [-0.39, 0.29) is 12.2 Å². The van der Waals surface area contributed by atoms with Crippen molar-refractivity contribution < 1.29 is 4.39 Å². The Morgan fingerprint density at radius 1 is 1.06 bits per heavy atom. The number of rotatable bonds is 2. The molecule has 0 spiro atoms. The number of aryl methyl sites for hydroxylation is 1. The first kappa shape index (κ1) is 11.3. The number of hydrogen-bond donors (Lipinski definition) is 0. The zero-order chi connectivity index (χ0) is 12.3. The van der Waals surface area contributed by atoms with Crippen LogP contribution in [0.2, 0.25) is 0 Å². The third-order valence-corrected chi connectivity index (χ3v) is 2.78. The lowest BCUT2D eigenvalue weighted by Crippen LogP contribution is -1.93. The highest BCUT2D eigenvalue weighted by Gasteiger charge is 2.10. The molecule has 1 nitrogen and oxygen atoms in total. The molecule has 2 aromatic rings. The van der Waals surface area contributed by atoms with Crippen molar-refractivity contribution in [1.82, 2.24) is 0 Å². The van der Waals surface area contributed by atoms with Crippen molar-refractivity contribution in [3.05, 3.63) is 59.4 Å². The first-order valence-corrected chi connectivity index (χ1v) is 5.44. The second-order valence-electron chi connectivity index (χ2n) is 3.93. The Morgan fingerprint density at radius 2 is 1.76 bits per heavy atom. The Kier molecular flexibility index (Phi) is 3.20. The van der Waals surface area contributed by atoms with Crippen molar-refractivity contribution >= 4 is 0 Å². The van der Waals surface area contributed by atoms with Gasteiger partial charge in [0.2, 0.25) is 0 Å². The summed E-state index contributed by atoms with van der Waals surface area (Å²) in [6.07, 6.45) is 0.103. The van der Waals surface area contributed by atoms with Crippen LogP contribution in [0.4, 0.5) is 4.39 Å². The van der Waals surface area contributed by atoms with Crippen LogP contribution in [0.25, 0.3) is 11.1 Å². The van der Waals surface area contributed by atoms with Gasteiger partial charge in [0.15, 0.2) is 0 Å². The lowest BCUT2D eigenvalue weighted by atomic mass is 9.97. The Balaban J connectivity index is 2.58. The van der Waals surface area contributed by atoms with Crippen LogP contribution in [0.5, 0.6) is 0 Å². The zero-order valence-corrected chi connectivity index (χ0v) is 9.57. The van der Waals surface area contributed by atoms with E-state index in [1.165, 1.54) is 0 Å². The first-order valence-electron chi connectivity index (χ1n) is 5.44. The number of nitrogens with zero attached hydrogens (tertiary/aromatic N) is 1. The van der Waals surface area contributed by atoms with E-state index in [9.17, 15) is 4.39 Å². The normalized spacial score (nSPS) is 9.94. The van der Waals surface area contributed by atoms with E-state index in [0.717, 1.165) is 11.1 Å². The molecular formula is C15H12FN. The molecule has 84 valence electrons. The monoisotopic (exact) mass is 225 g/mol.